The van der Waals surface area contributed by atoms with Gasteiger partial charge in [-0.1, -0.05) is 0 Å². The molecule has 0 aliphatic carbocycles. The van der Waals surface area contributed by atoms with Crippen molar-refractivity contribution >= 4 is 5.91 Å². The summed E-state index contributed by atoms with van der Waals surface area (Å²) in [5.74, 6) is 2.33. The number of benzene rings is 1. The van der Waals surface area contributed by atoms with Crippen molar-refractivity contribution in [3.8, 4) is 5.75 Å². The van der Waals surface area contributed by atoms with Gasteiger partial charge in [-0.3, -0.25) is 9.69 Å². The SMILES string of the molecule is CC(C)Oc1ccc(C(=O)NCC2CCN(Cc3ccco3)CC2)cc1. The maximum Gasteiger partial charge on any atom is 0.251 e. The van der Waals surface area contributed by atoms with Crippen LogP contribution in [0.4, 0.5) is 0 Å². The van der Waals surface area contributed by atoms with E-state index in [1.807, 2.05) is 50.2 Å². The lowest BCUT2D eigenvalue weighted by Crippen LogP contribution is -2.38. The fraction of sp³-hybridized carbons (Fsp3) is 0.476. The first kappa shape index (κ1) is 18.5. The van der Waals surface area contributed by atoms with Crippen LogP contribution in [-0.2, 0) is 6.54 Å². The number of nitrogens with one attached hydrogen (secondary N) is 1. The van der Waals surface area contributed by atoms with E-state index in [0.717, 1.165) is 50.5 Å². The third-order valence-corrected chi connectivity index (χ3v) is 4.71. The molecule has 0 bridgehead atoms. The molecule has 3 rings (SSSR count). The Morgan fingerprint density at radius 2 is 1.96 bits per heavy atom. The minimum Gasteiger partial charge on any atom is -0.491 e. The molecule has 5 nitrogen and oxygen atoms in total. The molecule has 1 saturated heterocycles. The van der Waals surface area contributed by atoms with Crippen molar-refractivity contribution < 1.29 is 13.9 Å². The Labute approximate surface area is 155 Å². The van der Waals surface area contributed by atoms with E-state index in [1.54, 1.807) is 6.26 Å². The fourth-order valence-electron chi connectivity index (χ4n) is 3.27. The Hall–Kier alpha value is -2.27. The Kier molecular flexibility index (Phi) is 6.34. The van der Waals surface area contributed by atoms with Crippen molar-refractivity contribution in [1.82, 2.24) is 10.2 Å². The summed E-state index contributed by atoms with van der Waals surface area (Å²) >= 11 is 0. The van der Waals surface area contributed by atoms with Crippen molar-refractivity contribution in [1.29, 1.82) is 0 Å². The zero-order chi connectivity index (χ0) is 18.4. The van der Waals surface area contributed by atoms with E-state index < -0.39 is 0 Å². The van der Waals surface area contributed by atoms with Crippen LogP contribution in [0, 0.1) is 5.92 Å². The Morgan fingerprint density at radius 3 is 2.58 bits per heavy atom. The van der Waals surface area contributed by atoms with Gasteiger partial charge in [-0.15, -0.1) is 0 Å². The second-order valence-corrected chi connectivity index (χ2v) is 7.20. The number of likely N-dealkylation sites (tertiary alicyclic amines) is 1. The molecule has 140 valence electrons. The van der Waals surface area contributed by atoms with E-state index in [4.69, 9.17) is 9.15 Å². The molecule has 1 aromatic carbocycles. The average molecular weight is 356 g/mol. The van der Waals surface area contributed by atoms with Crippen LogP contribution in [0.15, 0.2) is 47.1 Å². The van der Waals surface area contributed by atoms with Crippen LogP contribution in [-0.4, -0.2) is 36.5 Å². The van der Waals surface area contributed by atoms with Crippen LogP contribution in [0.2, 0.25) is 0 Å². The van der Waals surface area contributed by atoms with Crippen LogP contribution in [0.25, 0.3) is 0 Å². The highest BCUT2D eigenvalue weighted by molar-refractivity contribution is 5.94. The summed E-state index contributed by atoms with van der Waals surface area (Å²) < 4.78 is 11.0. The summed E-state index contributed by atoms with van der Waals surface area (Å²) in [5.41, 5.74) is 0.677. The zero-order valence-electron chi connectivity index (χ0n) is 15.6. The van der Waals surface area contributed by atoms with Gasteiger partial charge in [0.2, 0.25) is 0 Å². The first-order valence-corrected chi connectivity index (χ1v) is 9.40. The molecular weight excluding hydrogens is 328 g/mol. The number of carbonyl (C=O) groups excluding carboxylic acids is 1. The highest BCUT2D eigenvalue weighted by Crippen LogP contribution is 2.19. The topological polar surface area (TPSA) is 54.7 Å². The van der Waals surface area contributed by atoms with E-state index >= 15 is 0 Å². The summed E-state index contributed by atoms with van der Waals surface area (Å²) in [6.45, 7) is 7.67. The van der Waals surface area contributed by atoms with Crippen molar-refractivity contribution in [3.63, 3.8) is 0 Å². The minimum atomic E-state index is -0.0147. The molecule has 1 aliphatic rings. The number of piperidine rings is 1. The summed E-state index contributed by atoms with van der Waals surface area (Å²) in [4.78, 5) is 14.7. The molecule has 1 aliphatic heterocycles. The number of hydrogen-bond acceptors (Lipinski definition) is 4. The largest absolute Gasteiger partial charge is 0.491 e. The average Bonchev–Trinajstić information content (AvgIpc) is 3.14. The van der Waals surface area contributed by atoms with Gasteiger partial charge in [0, 0.05) is 12.1 Å². The molecular formula is C21H28N2O3. The standard InChI is InChI=1S/C21H28N2O3/c1-16(2)26-19-7-5-18(6-8-19)21(24)22-14-17-9-11-23(12-10-17)15-20-4-3-13-25-20/h3-8,13,16-17H,9-12,14-15H2,1-2H3,(H,22,24). The van der Waals surface area contributed by atoms with Crippen molar-refractivity contribution in [2.24, 2.45) is 5.92 Å². The van der Waals surface area contributed by atoms with Crippen LogP contribution in [0.1, 0.15) is 42.8 Å². The molecule has 5 heteroatoms. The minimum absolute atomic E-state index is 0.0147. The number of ether oxygens (including phenoxy) is 1. The predicted molar refractivity (Wildman–Crippen MR) is 101 cm³/mol. The van der Waals surface area contributed by atoms with Crippen LogP contribution >= 0.6 is 0 Å². The van der Waals surface area contributed by atoms with Gasteiger partial charge in [-0.05, 0) is 82.1 Å². The third-order valence-electron chi connectivity index (χ3n) is 4.71. The Balaban J connectivity index is 1.39. The molecule has 1 aromatic heterocycles. The van der Waals surface area contributed by atoms with Gasteiger partial charge in [0.15, 0.2) is 0 Å². The summed E-state index contributed by atoms with van der Waals surface area (Å²) in [7, 11) is 0. The molecule has 1 N–H and O–H groups in total. The number of amides is 1. The Morgan fingerprint density at radius 1 is 1.23 bits per heavy atom. The summed E-state index contributed by atoms with van der Waals surface area (Å²) in [6.07, 6.45) is 4.05. The lowest BCUT2D eigenvalue weighted by atomic mass is 9.96. The van der Waals surface area contributed by atoms with Crippen molar-refractivity contribution in [2.45, 2.75) is 39.3 Å². The Bertz CT molecular complexity index is 672. The molecule has 1 fully saturated rings. The van der Waals surface area contributed by atoms with E-state index in [1.165, 1.54) is 0 Å². The van der Waals surface area contributed by atoms with E-state index in [0.29, 0.717) is 11.5 Å². The number of rotatable bonds is 7. The number of furan rings is 1. The monoisotopic (exact) mass is 356 g/mol. The molecule has 0 atom stereocenters. The van der Waals surface area contributed by atoms with Crippen molar-refractivity contribution in [3.05, 3.63) is 54.0 Å². The zero-order valence-corrected chi connectivity index (χ0v) is 15.6. The second-order valence-electron chi connectivity index (χ2n) is 7.20. The van der Waals surface area contributed by atoms with Crippen molar-refractivity contribution in [2.75, 3.05) is 19.6 Å². The molecule has 2 aromatic rings. The molecule has 0 saturated carbocycles. The highest BCUT2D eigenvalue weighted by atomic mass is 16.5. The number of nitrogens with zero attached hydrogens (tertiary/aromatic N) is 1. The van der Waals surface area contributed by atoms with Crippen LogP contribution in [0.5, 0.6) is 5.75 Å². The summed E-state index contributed by atoms with van der Waals surface area (Å²) in [5, 5.41) is 3.07. The van der Waals surface area contributed by atoms with Gasteiger partial charge in [0.25, 0.3) is 5.91 Å². The summed E-state index contributed by atoms with van der Waals surface area (Å²) in [6, 6.07) is 11.3. The number of carbonyl (C=O) groups is 1. The highest BCUT2D eigenvalue weighted by Gasteiger charge is 2.20. The maximum atomic E-state index is 12.3. The fourth-order valence-corrected chi connectivity index (χ4v) is 3.27. The first-order chi connectivity index (χ1) is 12.6. The third kappa shape index (κ3) is 5.36. The lowest BCUT2D eigenvalue weighted by Gasteiger charge is -2.31. The number of hydrogen-bond donors (Lipinski definition) is 1. The maximum absolute atomic E-state index is 12.3. The van der Waals surface area contributed by atoms with E-state index in [9.17, 15) is 4.79 Å². The molecule has 0 spiro atoms. The van der Waals surface area contributed by atoms with Gasteiger partial charge in [-0.25, -0.2) is 0 Å². The lowest BCUT2D eigenvalue weighted by molar-refractivity contribution is 0.0934. The van der Waals surface area contributed by atoms with Gasteiger partial charge in [0.05, 0.1) is 18.9 Å². The molecule has 2 heterocycles. The van der Waals surface area contributed by atoms with E-state index in [2.05, 4.69) is 10.2 Å². The molecule has 0 radical (unpaired) electrons. The molecule has 1 amide bonds. The van der Waals surface area contributed by atoms with Gasteiger partial charge in [0.1, 0.15) is 11.5 Å². The molecule has 26 heavy (non-hydrogen) atoms. The smallest absolute Gasteiger partial charge is 0.251 e. The van der Waals surface area contributed by atoms with E-state index in [-0.39, 0.29) is 12.0 Å². The van der Waals surface area contributed by atoms with Gasteiger partial charge in [-0.2, -0.15) is 0 Å². The quantitative estimate of drug-likeness (QED) is 0.822. The van der Waals surface area contributed by atoms with Gasteiger partial charge >= 0.3 is 0 Å². The molecule has 0 unspecified atom stereocenters. The second kappa shape index (κ2) is 8.90. The van der Waals surface area contributed by atoms with Gasteiger partial charge < -0.3 is 14.5 Å². The van der Waals surface area contributed by atoms with Crippen LogP contribution < -0.4 is 10.1 Å². The normalized spacial score (nSPS) is 16.0. The predicted octanol–water partition coefficient (Wildman–Crippen LogP) is 3.71. The first-order valence-electron chi connectivity index (χ1n) is 9.40. The van der Waals surface area contributed by atoms with Crippen LogP contribution in [0.3, 0.4) is 0 Å².